The average Bonchev–Trinajstić information content (AvgIpc) is 2.56. The highest BCUT2D eigenvalue weighted by atomic mass is 16.7. The lowest BCUT2D eigenvalue weighted by Gasteiger charge is -2.25. The largest absolute Gasteiger partial charge is 0.497 e. The summed E-state index contributed by atoms with van der Waals surface area (Å²) in [7, 11) is 1.64. The molecule has 120 valence electrons. The fraction of sp³-hybridized carbons (Fsp3) is 0.500. The molecule has 0 aromatic heterocycles. The van der Waals surface area contributed by atoms with Gasteiger partial charge in [-0.05, 0) is 36.3 Å². The molecule has 0 bridgehead atoms. The first kappa shape index (κ1) is 16.7. The van der Waals surface area contributed by atoms with Crippen LogP contribution in [0.3, 0.4) is 0 Å². The quantitative estimate of drug-likeness (QED) is 0.688. The molecule has 0 radical (unpaired) electrons. The van der Waals surface area contributed by atoms with E-state index in [1.165, 1.54) is 0 Å². The second kappa shape index (κ2) is 8.71. The molecule has 2 rings (SSSR count). The van der Waals surface area contributed by atoms with Crippen molar-refractivity contribution in [3.8, 4) is 5.75 Å². The first-order valence-electron chi connectivity index (χ1n) is 7.85. The van der Waals surface area contributed by atoms with E-state index in [2.05, 4.69) is 6.92 Å². The number of rotatable bonds is 8. The summed E-state index contributed by atoms with van der Waals surface area (Å²) in [5, 5.41) is 0. The Morgan fingerprint density at radius 3 is 2.64 bits per heavy atom. The number of ether oxygens (including phenoxy) is 3. The molecule has 1 heterocycles. The van der Waals surface area contributed by atoms with Crippen LogP contribution in [0.2, 0.25) is 0 Å². The number of methoxy groups -OCH3 is 1. The van der Waals surface area contributed by atoms with Crippen molar-refractivity contribution in [1.29, 1.82) is 0 Å². The Morgan fingerprint density at radius 1 is 1.18 bits per heavy atom. The molecule has 0 spiro atoms. The van der Waals surface area contributed by atoms with Gasteiger partial charge >= 0.3 is 0 Å². The van der Waals surface area contributed by atoms with E-state index < -0.39 is 6.29 Å². The van der Waals surface area contributed by atoms with Crippen LogP contribution in [0.5, 0.6) is 5.75 Å². The second-order valence-electron chi connectivity index (χ2n) is 5.41. The zero-order valence-electron chi connectivity index (χ0n) is 13.3. The smallest absolute Gasteiger partial charge is 0.184 e. The van der Waals surface area contributed by atoms with Gasteiger partial charge in [0.15, 0.2) is 12.1 Å². The van der Waals surface area contributed by atoms with Gasteiger partial charge in [-0.2, -0.15) is 0 Å². The Hall–Kier alpha value is -1.65. The molecule has 1 aliphatic heterocycles. The zero-order chi connectivity index (χ0) is 15.8. The third kappa shape index (κ3) is 4.97. The third-order valence-electron chi connectivity index (χ3n) is 3.68. The molecule has 0 amide bonds. The Kier molecular flexibility index (Phi) is 6.62. The lowest BCUT2D eigenvalue weighted by molar-refractivity contribution is -0.167. The van der Waals surface area contributed by atoms with Gasteiger partial charge in [-0.1, -0.05) is 38.3 Å². The molecule has 0 saturated carbocycles. The van der Waals surface area contributed by atoms with E-state index in [4.69, 9.17) is 14.2 Å². The molecule has 22 heavy (non-hydrogen) atoms. The second-order valence-corrected chi connectivity index (χ2v) is 5.41. The van der Waals surface area contributed by atoms with Gasteiger partial charge in [0, 0.05) is 0 Å². The van der Waals surface area contributed by atoms with Gasteiger partial charge in [-0.3, -0.25) is 4.79 Å². The van der Waals surface area contributed by atoms with E-state index in [1.54, 1.807) is 19.3 Å². The molecule has 0 saturated heterocycles. The van der Waals surface area contributed by atoms with Crippen molar-refractivity contribution in [1.82, 2.24) is 0 Å². The average molecular weight is 304 g/mol. The van der Waals surface area contributed by atoms with Gasteiger partial charge in [0.05, 0.1) is 13.7 Å². The molecule has 0 unspecified atom stereocenters. The lowest BCUT2D eigenvalue weighted by atomic mass is 10.1. The number of carbonyl (C=O) groups excluding carboxylic acids is 1. The first-order chi connectivity index (χ1) is 10.7. The predicted octanol–water partition coefficient (Wildman–Crippen LogP) is 3.64. The summed E-state index contributed by atoms with van der Waals surface area (Å²) in [5.41, 5.74) is 1.04. The molecule has 0 N–H and O–H groups in total. The standard InChI is InChI=1S/C18H24O4/c1-3-4-5-6-17-16(19)11-12-18(22-17)21-13-14-7-9-15(20-2)10-8-14/h7-12,17-18H,3-6,13H2,1-2H3/t17-,18+/m0/s1. The van der Waals surface area contributed by atoms with Crippen LogP contribution in [0.4, 0.5) is 0 Å². The predicted molar refractivity (Wildman–Crippen MR) is 84.7 cm³/mol. The van der Waals surface area contributed by atoms with E-state index >= 15 is 0 Å². The minimum Gasteiger partial charge on any atom is -0.497 e. The van der Waals surface area contributed by atoms with Crippen LogP contribution in [0, 0.1) is 0 Å². The fourth-order valence-electron chi connectivity index (χ4n) is 2.34. The van der Waals surface area contributed by atoms with Crippen molar-refractivity contribution in [2.45, 2.75) is 51.6 Å². The van der Waals surface area contributed by atoms with Crippen molar-refractivity contribution in [3.05, 3.63) is 42.0 Å². The normalized spacial score (nSPS) is 21.1. The number of benzene rings is 1. The molecule has 0 fully saturated rings. The van der Waals surface area contributed by atoms with Gasteiger partial charge in [0.2, 0.25) is 0 Å². The summed E-state index contributed by atoms with van der Waals surface area (Å²) in [5.74, 6) is 0.861. The fourth-order valence-corrected chi connectivity index (χ4v) is 2.34. The summed E-state index contributed by atoms with van der Waals surface area (Å²) < 4.78 is 16.6. The maximum Gasteiger partial charge on any atom is 0.184 e. The molecule has 1 aromatic carbocycles. The van der Waals surface area contributed by atoms with Crippen LogP contribution in [0.15, 0.2) is 36.4 Å². The van der Waals surface area contributed by atoms with Gasteiger partial charge in [0.25, 0.3) is 0 Å². The van der Waals surface area contributed by atoms with Gasteiger partial charge in [0.1, 0.15) is 11.9 Å². The third-order valence-corrected chi connectivity index (χ3v) is 3.68. The van der Waals surface area contributed by atoms with Crippen LogP contribution in [0.1, 0.15) is 38.2 Å². The topological polar surface area (TPSA) is 44.8 Å². The molecular formula is C18H24O4. The number of unbranched alkanes of at least 4 members (excludes halogenated alkanes) is 2. The first-order valence-corrected chi connectivity index (χ1v) is 7.85. The summed E-state index contributed by atoms with van der Waals surface area (Å²) in [6, 6.07) is 7.70. The van der Waals surface area contributed by atoms with E-state index in [1.807, 2.05) is 24.3 Å². The van der Waals surface area contributed by atoms with Crippen LogP contribution in [-0.4, -0.2) is 25.3 Å². The summed E-state index contributed by atoms with van der Waals surface area (Å²) in [6.45, 7) is 2.58. The highest BCUT2D eigenvalue weighted by Crippen LogP contribution is 2.18. The molecule has 1 aliphatic rings. The lowest BCUT2D eigenvalue weighted by Crippen LogP contribution is -2.33. The molecule has 2 atom stereocenters. The van der Waals surface area contributed by atoms with E-state index in [0.29, 0.717) is 6.61 Å². The van der Waals surface area contributed by atoms with Gasteiger partial charge < -0.3 is 14.2 Å². The van der Waals surface area contributed by atoms with Crippen molar-refractivity contribution in [2.24, 2.45) is 0 Å². The van der Waals surface area contributed by atoms with Crippen molar-refractivity contribution < 1.29 is 19.0 Å². The monoisotopic (exact) mass is 304 g/mol. The van der Waals surface area contributed by atoms with Crippen LogP contribution in [-0.2, 0) is 20.9 Å². The van der Waals surface area contributed by atoms with Crippen LogP contribution >= 0.6 is 0 Å². The summed E-state index contributed by atoms with van der Waals surface area (Å²) >= 11 is 0. The maximum absolute atomic E-state index is 11.8. The maximum atomic E-state index is 11.8. The number of hydrogen-bond donors (Lipinski definition) is 0. The summed E-state index contributed by atoms with van der Waals surface area (Å²) in [6.07, 6.45) is 6.47. The number of carbonyl (C=O) groups is 1. The molecule has 0 aliphatic carbocycles. The van der Waals surface area contributed by atoms with Gasteiger partial charge in [-0.25, -0.2) is 0 Å². The Bertz CT molecular complexity index is 492. The van der Waals surface area contributed by atoms with Crippen molar-refractivity contribution >= 4 is 5.78 Å². The molecule has 1 aromatic rings. The van der Waals surface area contributed by atoms with Gasteiger partial charge in [-0.15, -0.1) is 0 Å². The van der Waals surface area contributed by atoms with Crippen molar-refractivity contribution in [3.63, 3.8) is 0 Å². The number of ketones is 1. The Balaban J connectivity index is 1.81. The van der Waals surface area contributed by atoms with Crippen molar-refractivity contribution in [2.75, 3.05) is 7.11 Å². The molecule has 4 heteroatoms. The zero-order valence-corrected chi connectivity index (χ0v) is 13.3. The number of hydrogen-bond acceptors (Lipinski definition) is 4. The minimum absolute atomic E-state index is 0.0420. The minimum atomic E-state index is -0.452. The van der Waals surface area contributed by atoms with E-state index in [9.17, 15) is 4.79 Å². The van der Waals surface area contributed by atoms with E-state index in [-0.39, 0.29) is 11.9 Å². The molecular weight excluding hydrogens is 280 g/mol. The summed E-state index contributed by atoms with van der Waals surface area (Å²) in [4.78, 5) is 11.8. The molecule has 4 nitrogen and oxygen atoms in total. The SMILES string of the molecule is CCCCC[C@@H]1O[C@@H](OCc2ccc(OC)cc2)C=CC1=O. The van der Waals surface area contributed by atoms with E-state index in [0.717, 1.165) is 37.0 Å². The highest BCUT2D eigenvalue weighted by Gasteiger charge is 2.25. The Labute approximate surface area is 132 Å². The van der Waals surface area contributed by atoms with Crippen LogP contribution in [0.25, 0.3) is 0 Å². The Morgan fingerprint density at radius 2 is 1.95 bits per heavy atom. The van der Waals surface area contributed by atoms with Crippen LogP contribution < -0.4 is 4.74 Å². The highest BCUT2D eigenvalue weighted by molar-refractivity contribution is 5.94.